The Morgan fingerprint density at radius 1 is 1.10 bits per heavy atom. The van der Waals surface area contributed by atoms with E-state index in [4.69, 9.17) is 4.74 Å². The maximum absolute atomic E-state index is 12.5. The Balaban J connectivity index is 1.22. The van der Waals surface area contributed by atoms with E-state index < -0.39 is 10.0 Å². The number of nitrogens with one attached hydrogen (secondary N) is 2. The molecule has 0 spiro atoms. The quantitative estimate of drug-likeness (QED) is 0.384. The molecule has 2 aromatic rings. The van der Waals surface area contributed by atoms with Gasteiger partial charge in [-0.1, -0.05) is 47.7 Å². The van der Waals surface area contributed by atoms with Crippen molar-refractivity contribution in [3.05, 3.63) is 53.9 Å². The van der Waals surface area contributed by atoms with Crippen molar-refractivity contribution in [3.63, 3.8) is 0 Å². The SMILES string of the molecule is O=S(=O)(CCc1ccccc1)NC[C@@H]1[C@H](C/C=C\CCCc2nn[nH]n2)[C@@H]2CC[C@H]1O2. The number of aromatic nitrogens is 4. The topological polar surface area (TPSA) is 110 Å². The molecule has 0 aliphatic carbocycles. The molecule has 9 heteroatoms. The molecule has 168 valence electrons. The van der Waals surface area contributed by atoms with Gasteiger partial charge in [0.1, 0.15) is 0 Å². The fourth-order valence-electron chi connectivity index (χ4n) is 4.71. The summed E-state index contributed by atoms with van der Waals surface area (Å²) in [5.74, 6) is 1.48. The van der Waals surface area contributed by atoms with Gasteiger partial charge in [0.2, 0.25) is 10.0 Å². The van der Waals surface area contributed by atoms with E-state index >= 15 is 0 Å². The van der Waals surface area contributed by atoms with Gasteiger partial charge in [0.15, 0.2) is 5.82 Å². The van der Waals surface area contributed by atoms with Crippen molar-refractivity contribution >= 4 is 10.0 Å². The van der Waals surface area contributed by atoms with Gasteiger partial charge in [-0.2, -0.15) is 5.21 Å². The molecule has 0 unspecified atom stereocenters. The molecule has 2 saturated heterocycles. The summed E-state index contributed by atoms with van der Waals surface area (Å²) in [6.07, 6.45) is 11.2. The lowest BCUT2D eigenvalue weighted by molar-refractivity contribution is 0.0876. The standard InChI is InChI=1S/C22H31N5O3S/c28-31(29,15-14-17-8-4-3-5-9-17)23-16-19-18(20-12-13-21(19)30-20)10-6-1-2-7-11-22-24-26-27-25-22/h1,3-6,8-9,18-21,23H,2,7,10-16H2,(H,24,25,26,27)/b6-1-/t18-,19+,20-,21+/m0/s1. The van der Waals surface area contributed by atoms with Crippen LogP contribution in [-0.4, -0.2) is 53.5 Å². The van der Waals surface area contributed by atoms with Crippen molar-refractivity contribution in [1.82, 2.24) is 25.3 Å². The molecular weight excluding hydrogens is 414 g/mol. The third kappa shape index (κ3) is 6.21. The van der Waals surface area contributed by atoms with Crippen LogP contribution in [0.3, 0.4) is 0 Å². The Kier molecular flexibility index (Phi) is 7.47. The minimum Gasteiger partial charge on any atom is -0.374 e. The second-order valence-electron chi connectivity index (χ2n) is 8.45. The molecule has 4 rings (SSSR count). The molecule has 1 aromatic carbocycles. The first-order valence-corrected chi connectivity index (χ1v) is 12.8. The highest BCUT2D eigenvalue weighted by Gasteiger charge is 2.48. The Hall–Kier alpha value is -2.10. The predicted molar refractivity (Wildman–Crippen MR) is 118 cm³/mol. The molecule has 0 radical (unpaired) electrons. The minimum absolute atomic E-state index is 0.115. The Labute approximate surface area is 183 Å². The van der Waals surface area contributed by atoms with Crippen molar-refractivity contribution in [1.29, 1.82) is 0 Å². The molecule has 2 aliphatic rings. The van der Waals surface area contributed by atoms with Gasteiger partial charge in [-0.25, -0.2) is 13.1 Å². The summed E-state index contributed by atoms with van der Waals surface area (Å²) in [4.78, 5) is 0. The Bertz CT molecular complexity index is 933. The first-order chi connectivity index (χ1) is 15.1. The van der Waals surface area contributed by atoms with Crippen LogP contribution in [-0.2, 0) is 27.6 Å². The Morgan fingerprint density at radius 2 is 1.90 bits per heavy atom. The van der Waals surface area contributed by atoms with Gasteiger partial charge < -0.3 is 4.74 Å². The van der Waals surface area contributed by atoms with Crippen molar-refractivity contribution in [2.45, 2.75) is 57.2 Å². The van der Waals surface area contributed by atoms with Gasteiger partial charge in [0.25, 0.3) is 0 Å². The maximum Gasteiger partial charge on any atom is 0.211 e. The number of H-pyrrole nitrogens is 1. The van der Waals surface area contributed by atoms with Gasteiger partial charge in [-0.3, -0.25) is 0 Å². The lowest BCUT2D eigenvalue weighted by Gasteiger charge is -2.27. The summed E-state index contributed by atoms with van der Waals surface area (Å²) in [5.41, 5.74) is 1.04. The van der Waals surface area contributed by atoms with Gasteiger partial charge in [-0.15, -0.1) is 10.2 Å². The molecule has 0 amide bonds. The largest absolute Gasteiger partial charge is 0.374 e. The third-order valence-electron chi connectivity index (χ3n) is 6.37. The zero-order valence-corrected chi connectivity index (χ0v) is 18.5. The fourth-order valence-corrected chi connectivity index (χ4v) is 5.80. The van der Waals surface area contributed by atoms with Gasteiger partial charge in [-0.05, 0) is 50.0 Å². The van der Waals surface area contributed by atoms with E-state index in [1.54, 1.807) is 0 Å². The first-order valence-electron chi connectivity index (χ1n) is 11.1. The van der Waals surface area contributed by atoms with E-state index in [9.17, 15) is 8.42 Å². The van der Waals surface area contributed by atoms with E-state index in [0.29, 0.717) is 18.9 Å². The number of aryl methyl sites for hydroxylation is 2. The zero-order chi connectivity index (χ0) is 21.5. The molecule has 8 nitrogen and oxygen atoms in total. The molecule has 1 aromatic heterocycles. The first kappa shape index (κ1) is 22.1. The highest BCUT2D eigenvalue weighted by molar-refractivity contribution is 7.89. The number of tetrazole rings is 1. The summed E-state index contributed by atoms with van der Waals surface area (Å²) in [5, 5.41) is 14.0. The summed E-state index contributed by atoms with van der Waals surface area (Å²) < 4.78 is 34.0. The van der Waals surface area contributed by atoms with Gasteiger partial charge in [0.05, 0.1) is 18.0 Å². The van der Waals surface area contributed by atoms with Crippen LogP contribution in [0.15, 0.2) is 42.5 Å². The number of hydrogen-bond donors (Lipinski definition) is 2. The number of benzene rings is 1. The average molecular weight is 446 g/mol. The van der Waals surface area contributed by atoms with Crippen LogP contribution in [0.25, 0.3) is 0 Å². The number of ether oxygens (including phenoxy) is 1. The van der Waals surface area contributed by atoms with Crippen LogP contribution in [0.1, 0.15) is 43.5 Å². The van der Waals surface area contributed by atoms with E-state index in [-0.39, 0.29) is 23.9 Å². The number of rotatable bonds is 12. The number of unbranched alkanes of at least 4 members (excludes halogenated alkanes) is 1. The van der Waals surface area contributed by atoms with Crippen molar-refractivity contribution < 1.29 is 13.2 Å². The Morgan fingerprint density at radius 3 is 2.68 bits per heavy atom. The average Bonchev–Trinajstić information content (AvgIpc) is 3.52. The second kappa shape index (κ2) is 10.5. The lowest BCUT2D eigenvalue weighted by Crippen LogP contribution is -2.39. The highest BCUT2D eigenvalue weighted by Crippen LogP contribution is 2.45. The van der Waals surface area contributed by atoms with Crippen LogP contribution in [0.5, 0.6) is 0 Å². The molecule has 2 aliphatic heterocycles. The number of sulfonamides is 1. The van der Waals surface area contributed by atoms with Crippen LogP contribution in [0.2, 0.25) is 0 Å². The van der Waals surface area contributed by atoms with Gasteiger partial charge >= 0.3 is 0 Å². The van der Waals surface area contributed by atoms with Crippen LogP contribution in [0, 0.1) is 11.8 Å². The molecule has 3 heterocycles. The van der Waals surface area contributed by atoms with Crippen molar-refractivity contribution in [2.75, 3.05) is 12.3 Å². The number of fused-ring (bicyclic) bond motifs is 2. The van der Waals surface area contributed by atoms with E-state index in [2.05, 4.69) is 37.5 Å². The maximum atomic E-state index is 12.5. The molecule has 2 bridgehead atoms. The predicted octanol–water partition coefficient (Wildman–Crippen LogP) is 2.42. The molecular formula is C22H31N5O3S. The smallest absolute Gasteiger partial charge is 0.211 e. The number of aromatic amines is 1. The molecule has 4 atom stereocenters. The molecule has 31 heavy (non-hydrogen) atoms. The molecule has 2 N–H and O–H groups in total. The highest BCUT2D eigenvalue weighted by atomic mass is 32.2. The second-order valence-corrected chi connectivity index (χ2v) is 10.4. The molecule has 0 saturated carbocycles. The van der Waals surface area contributed by atoms with E-state index in [1.807, 2.05) is 30.3 Å². The molecule has 2 fully saturated rings. The van der Waals surface area contributed by atoms with Gasteiger partial charge in [0, 0.05) is 18.9 Å². The monoisotopic (exact) mass is 445 g/mol. The van der Waals surface area contributed by atoms with E-state index in [0.717, 1.165) is 49.9 Å². The number of nitrogens with zero attached hydrogens (tertiary/aromatic N) is 3. The third-order valence-corrected chi connectivity index (χ3v) is 7.71. The normalized spacial score (nSPS) is 25.5. The summed E-state index contributed by atoms with van der Waals surface area (Å²) >= 11 is 0. The van der Waals surface area contributed by atoms with Crippen molar-refractivity contribution in [2.24, 2.45) is 11.8 Å². The summed E-state index contributed by atoms with van der Waals surface area (Å²) in [6, 6.07) is 9.73. The van der Waals surface area contributed by atoms with Crippen molar-refractivity contribution in [3.8, 4) is 0 Å². The van der Waals surface area contributed by atoms with Crippen LogP contribution < -0.4 is 4.72 Å². The summed E-state index contributed by atoms with van der Waals surface area (Å²) in [6.45, 7) is 0.467. The number of allylic oxidation sites excluding steroid dienone is 2. The zero-order valence-electron chi connectivity index (χ0n) is 17.7. The number of hydrogen-bond acceptors (Lipinski definition) is 6. The lowest BCUT2D eigenvalue weighted by atomic mass is 9.77. The summed E-state index contributed by atoms with van der Waals surface area (Å²) in [7, 11) is -3.30. The van der Waals surface area contributed by atoms with E-state index in [1.165, 1.54) is 0 Å². The fraction of sp³-hybridized carbons (Fsp3) is 0.591. The minimum atomic E-state index is -3.30. The van der Waals surface area contributed by atoms with Crippen LogP contribution >= 0.6 is 0 Å². The van der Waals surface area contributed by atoms with Crippen LogP contribution in [0.4, 0.5) is 0 Å².